The number of aliphatic imine (C=N–C) groups is 2. The summed E-state index contributed by atoms with van der Waals surface area (Å²) in [5, 5.41) is 3.35. The van der Waals surface area contributed by atoms with Crippen molar-refractivity contribution in [1.29, 1.82) is 0 Å². The Morgan fingerprint density at radius 2 is 1.78 bits per heavy atom. The quantitative estimate of drug-likeness (QED) is 0.518. The van der Waals surface area contributed by atoms with Gasteiger partial charge in [0, 0.05) is 17.9 Å². The Morgan fingerprint density at radius 1 is 1.06 bits per heavy atom. The summed E-state index contributed by atoms with van der Waals surface area (Å²) in [4.78, 5) is 36.9. The minimum atomic E-state index is -0.835. The topological polar surface area (TPSA) is 83.4 Å². The molecule has 0 spiro atoms. The largest absolute Gasteiger partial charge is 0.497 e. The van der Waals surface area contributed by atoms with Crippen molar-refractivity contribution in [2.24, 2.45) is 9.98 Å². The van der Waals surface area contributed by atoms with Crippen LogP contribution in [-0.4, -0.2) is 40.9 Å². The number of carbonyl (C=O) groups excluding carboxylic acids is 2. The number of benzene rings is 3. The van der Waals surface area contributed by atoms with E-state index in [2.05, 4.69) is 10.3 Å². The van der Waals surface area contributed by atoms with Gasteiger partial charge in [0.1, 0.15) is 23.4 Å². The fourth-order valence-corrected chi connectivity index (χ4v) is 4.91. The number of rotatable bonds is 7. The number of ether oxygens (including phenoxy) is 1. The lowest BCUT2D eigenvalue weighted by molar-refractivity contribution is -0.128. The number of nitrogens with one attached hydrogen (secondary N) is 1. The predicted octanol–water partition coefficient (Wildman–Crippen LogP) is 4.43. The van der Waals surface area contributed by atoms with Gasteiger partial charge in [0.25, 0.3) is 5.91 Å². The van der Waals surface area contributed by atoms with Gasteiger partial charge in [-0.25, -0.2) is 14.3 Å². The van der Waals surface area contributed by atoms with Crippen LogP contribution < -0.4 is 10.1 Å². The Labute approximate surface area is 212 Å². The first-order valence-electron chi connectivity index (χ1n) is 11.4. The van der Waals surface area contributed by atoms with Gasteiger partial charge in [-0.15, -0.1) is 0 Å². The molecule has 0 fully saturated rings. The van der Waals surface area contributed by atoms with Crippen molar-refractivity contribution in [3.63, 3.8) is 0 Å². The van der Waals surface area contributed by atoms with E-state index in [4.69, 9.17) is 9.73 Å². The molecule has 2 heterocycles. The van der Waals surface area contributed by atoms with Crippen molar-refractivity contribution in [3.8, 4) is 5.75 Å². The van der Waals surface area contributed by atoms with Crippen LogP contribution in [0.3, 0.4) is 0 Å². The number of para-hydroxylation sites is 1. The summed E-state index contributed by atoms with van der Waals surface area (Å²) in [7, 11) is 1.60. The van der Waals surface area contributed by atoms with Crippen LogP contribution in [0.4, 0.5) is 10.1 Å². The fourth-order valence-electron chi connectivity index (χ4n) is 3.95. The number of thioether (sulfide) groups is 1. The molecule has 0 aromatic heterocycles. The average molecular weight is 503 g/mol. The molecule has 0 saturated heterocycles. The van der Waals surface area contributed by atoms with Gasteiger partial charge < -0.3 is 10.1 Å². The molecule has 3 aromatic carbocycles. The summed E-state index contributed by atoms with van der Waals surface area (Å²) in [6, 6.07) is 20.3. The Bertz CT molecular complexity index is 1360. The Kier molecular flexibility index (Phi) is 6.81. The number of carbonyl (C=O) groups is 2. The van der Waals surface area contributed by atoms with E-state index in [1.165, 1.54) is 28.8 Å². The normalized spacial score (nSPS) is 16.1. The van der Waals surface area contributed by atoms with Crippen molar-refractivity contribution in [3.05, 3.63) is 95.3 Å². The molecular formula is C27H23FN4O3S. The van der Waals surface area contributed by atoms with Gasteiger partial charge in [-0.05, 0) is 47.5 Å². The maximum atomic E-state index is 13.4. The minimum absolute atomic E-state index is 0.0624. The van der Waals surface area contributed by atoms with Gasteiger partial charge in [-0.3, -0.25) is 14.6 Å². The van der Waals surface area contributed by atoms with Crippen molar-refractivity contribution >= 4 is 40.3 Å². The zero-order chi connectivity index (χ0) is 25.1. The molecular weight excluding hydrogens is 479 g/mol. The van der Waals surface area contributed by atoms with E-state index in [0.29, 0.717) is 29.0 Å². The van der Waals surface area contributed by atoms with Gasteiger partial charge in [0.15, 0.2) is 5.17 Å². The summed E-state index contributed by atoms with van der Waals surface area (Å²) in [6.45, 7) is 0.340. The number of amides is 2. The first kappa shape index (κ1) is 23.7. The molecule has 36 heavy (non-hydrogen) atoms. The zero-order valence-corrected chi connectivity index (χ0v) is 20.3. The highest BCUT2D eigenvalue weighted by molar-refractivity contribution is 8.13. The van der Waals surface area contributed by atoms with Gasteiger partial charge in [0.05, 0.1) is 19.2 Å². The molecule has 0 saturated carbocycles. The zero-order valence-electron chi connectivity index (χ0n) is 19.5. The molecule has 1 atom stereocenters. The summed E-state index contributed by atoms with van der Waals surface area (Å²) >= 11 is 1.37. The fraction of sp³-hybridized carbons (Fsp3) is 0.185. The molecule has 9 heteroatoms. The van der Waals surface area contributed by atoms with Crippen molar-refractivity contribution in [1.82, 2.24) is 10.2 Å². The molecule has 182 valence electrons. The van der Waals surface area contributed by atoms with E-state index < -0.39 is 6.04 Å². The van der Waals surface area contributed by atoms with Crippen LogP contribution in [0, 0.1) is 5.82 Å². The van der Waals surface area contributed by atoms with Crippen LogP contribution in [-0.2, 0) is 21.9 Å². The standard InChI is InChI=1S/C27H23FN4O3S/c1-35-20-12-8-17(9-13-20)15-29-24(33)14-23-26(34)32-25(30-23)21-4-2-3-5-22(21)31-27(32)36-16-18-6-10-19(28)11-7-18/h2-13,23H,14-16H2,1H3,(H,29,33)/t23-/m0/s1. The molecule has 5 rings (SSSR count). The monoisotopic (exact) mass is 502 g/mol. The van der Waals surface area contributed by atoms with Gasteiger partial charge >= 0.3 is 0 Å². The number of methoxy groups -OCH3 is 1. The second-order valence-electron chi connectivity index (χ2n) is 8.30. The van der Waals surface area contributed by atoms with Crippen molar-refractivity contribution in [2.45, 2.75) is 24.8 Å². The smallest absolute Gasteiger partial charge is 0.259 e. The Morgan fingerprint density at radius 3 is 2.53 bits per heavy atom. The van der Waals surface area contributed by atoms with Crippen LogP contribution in [0.1, 0.15) is 23.1 Å². The van der Waals surface area contributed by atoms with Crippen LogP contribution in [0.15, 0.2) is 82.8 Å². The molecule has 0 radical (unpaired) electrons. The Hall–Kier alpha value is -3.98. The highest BCUT2D eigenvalue weighted by Crippen LogP contribution is 2.34. The summed E-state index contributed by atoms with van der Waals surface area (Å²) in [5.41, 5.74) is 3.29. The Balaban J connectivity index is 1.30. The lowest BCUT2D eigenvalue weighted by Gasteiger charge is -2.25. The van der Waals surface area contributed by atoms with Gasteiger partial charge in [0.2, 0.25) is 5.91 Å². The summed E-state index contributed by atoms with van der Waals surface area (Å²) < 4.78 is 18.4. The number of hydrogen-bond acceptors (Lipinski definition) is 6. The second-order valence-corrected chi connectivity index (χ2v) is 9.24. The molecule has 3 aromatic rings. The number of fused-ring (bicyclic) bond motifs is 3. The van der Waals surface area contributed by atoms with E-state index in [1.54, 1.807) is 19.2 Å². The van der Waals surface area contributed by atoms with Crippen LogP contribution in [0.2, 0.25) is 0 Å². The van der Waals surface area contributed by atoms with E-state index >= 15 is 0 Å². The maximum absolute atomic E-state index is 13.4. The number of amidine groups is 2. The molecule has 0 bridgehead atoms. The molecule has 0 unspecified atom stereocenters. The summed E-state index contributed by atoms with van der Waals surface area (Å²) in [5.74, 6) is 0.892. The second kappa shape index (κ2) is 10.3. The molecule has 0 aliphatic carbocycles. The first-order valence-corrected chi connectivity index (χ1v) is 12.4. The van der Waals surface area contributed by atoms with Crippen LogP contribution >= 0.6 is 11.8 Å². The number of halogens is 1. The predicted molar refractivity (Wildman–Crippen MR) is 138 cm³/mol. The van der Waals surface area contributed by atoms with Crippen molar-refractivity contribution in [2.75, 3.05) is 7.11 Å². The molecule has 2 aliphatic rings. The van der Waals surface area contributed by atoms with E-state index in [1.807, 2.05) is 48.5 Å². The van der Waals surface area contributed by atoms with Crippen LogP contribution in [0.25, 0.3) is 0 Å². The SMILES string of the molecule is COc1ccc(CNC(=O)C[C@@H]2N=C3c4ccccc4N=C(SCc4ccc(F)cc4)N3C2=O)cc1. The average Bonchev–Trinajstić information content (AvgIpc) is 3.23. The first-order chi connectivity index (χ1) is 17.5. The highest BCUT2D eigenvalue weighted by Gasteiger charge is 2.42. The third-order valence-corrected chi connectivity index (χ3v) is 6.87. The number of nitrogens with zero attached hydrogens (tertiary/aromatic N) is 3. The lowest BCUT2D eigenvalue weighted by atomic mass is 10.1. The summed E-state index contributed by atoms with van der Waals surface area (Å²) in [6.07, 6.45) is -0.0624. The maximum Gasteiger partial charge on any atom is 0.259 e. The van der Waals surface area contributed by atoms with E-state index in [-0.39, 0.29) is 24.1 Å². The lowest BCUT2D eigenvalue weighted by Crippen LogP contribution is -2.42. The highest BCUT2D eigenvalue weighted by atomic mass is 32.2. The van der Waals surface area contributed by atoms with Gasteiger partial charge in [-0.2, -0.15) is 0 Å². The van der Waals surface area contributed by atoms with Crippen LogP contribution in [0.5, 0.6) is 5.75 Å². The van der Waals surface area contributed by atoms with Gasteiger partial charge in [-0.1, -0.05) is 48.2 Å². The molecule has 1 N–H and O–H groups in total. The third-order valence-electron chi connectivity index (χ3n) is 5.86. The van der Waals surface area contributed by atoms with Crippen molar-refractivity contribution < 1.29 is 18.7 Å². The minimum Gasteiger partial charge on any atom is -0.497 e. The molecule has 2 amide bonds. The molecule has 2 aliphatic heterocycles. The third kappa shape index (κ3) is 5.01. The van der Waals surface area contributed by atoms with E-state index in [0.717, 1.165) is 22.4 Å². The van der Waals surface area contributed by atoms with E-state index in [9.17, 15) is 14.0 Å². The molecule has 7 nitrogen and oxygen atoms in total. The number of hydrogen-bond donors (Lipinski definition) is 1.